The van der Waals surface area contributed by atoms with Crippen LogP contribution in [0.3, 0.4) is 0 Å². The Kier molecular flexibility index (Phi) is 2.85. The van der Waals surface area contributed by atoms with E-state index >= 15 is 0 Å². The lowest BCUT2D eigenvalue weighted by Crippen LogP contribution is -2.43. The Morgan fingerprint density at radius 2 is 2.00 bits per heavy atom. The molecule has 5 nitrogen and oxygen atoms in total. The Bertz CT molecular complexity index is 738. The maximum absolute atomic E-state index is 12.6. The van der Waals surface area contributed by atoms with Crippen molar-refractivity contribution in [3.8, 4) is 0 Å². The van der Waals surface area contributed by atoms with E-state index in [-0.39, 0.29) is 11.8 Å². The Hall–Kier alpha value is -1.88. The molecule has 1 aromatic carbocycles. The molecule has 22 heavy (non-hydrogen) atoms. The molecule has 2 aromatic rings. The summed E-state index contributed by atoms with van der Waals surface area (Å²) in [6, 6.07) is 8.15. The highest BCUT2D eigenvalue weighted by Gasteiger charge is 2.57. The molecule has 2 heterocycles. The SMILES string of the molecule is Cn1nc(C(C)(C)NC(=O)[C@H]2[C@@H]3CNC[C@@H]32)c2ccccc21. The lowest BCUT2D eigenvalue weighted by Gasteiger charge is -2.25. The number of aryl methyl sites for hydroxylation is 1. The second-order valence-electron chi connectivity index (χ2n) is 7.12. The average Bonchev–Trinajstić information content (AvgIpc) is 2.82. The maximum Gasteiger partial charge on any atom is 0.224 e. The minimum Gasteiger partial charge on any atom is -0.345 e. The predicted octanol–water partition coefficient (Wildman–Crippen LogP) is 1.39. The molecule has 1 aromatic heterocycles. The van der Waals surface area contributed by atoms with Crippen molar-refractivity contribution in [1.82, 2.24) is 20.4 Å². The average molecular weight is 298 g/mol. The van der Waals surface area contributed by atoms with E-state index in [1.807, 2.05) is 37.7 Å². The number of nitrogens with zero attached hydrogens (tertiary/aromatic N) is 2. The van der Waals surface area contributed by atoms with Gasteiger partial charge in [0.15, 0.2) is 0 Å². The van der Waals surface area contributed by atoms with E-state index in [1.54, 1.807) is 0 Å². The van der Waals surface area contributed by atoms with Crippen LogP contribution in [0.1, 0.15) is 19.5 Å². The van der Waals surface area contributed by atoms with Crippen LogP contribution in [-0.4, -0.2) is 28.8 Å². The molecule has 5 heteroatoms. The van der Waals surface area contributed by atoms with Gasteiger partial charge in [0, 0.05) is 18.4 Å². The Morgan fingerprint density at radius 3 is 2.73 bits per heavy atom. The van der Waals surface area contributed by atoms with Crippen molar-refractivity contribution < 1.29 is 4.79 Å². The van der Waals surface area contributed by atoms with Crippen molar-refractivity contribution in [3.63, 3.8) is 0 Å². The summed E-state index contributed by atoms with van der Waals surface area (Å²) in [6.07, 6.45) is 0. The molecule has 2 fully saturated rings. The van der Waals surface area contributed by atoms with Gasteiger partial charge in [-0.3, -0.25) is 9.48 Å². The molecule has 0 spiro atoms. The number of carbonyl (C=O) groups excluding carboxylic acids is 1. The van der Waals surface area contributed by atoms with Gasteiger partial charge in [0.05, 0.1) is 16.7 Å². The van der Waals surface area contributed by atoms with E-state index in [4.69, 9.17) is 0 Å². The molecule has 1 aliphatic carbocycles. The largest absolute Gasteiger partial charge is 0.345 e. The minimum absolute atomic E-state index is 0.177. The van der Waals surface area contributed by atoms with Gasteiger partial charge >= 0.3 is 0 Å². The van der Waals surface area contributed by atoms with E-state index < -0.39 is 5.54 Å². The molecule has 4 rings (SSSR count). The summed E-state index contributed by atoms with van der Waals surface area (Å²) in [5, 5.41) is 12.3. The van der Waals surface area contributed by atoms with Crippen LogP contribution < -0.4 is 10.6 Å². The summed E-state index contributed by atoms with van der Waals surface area (Å²) < 4.78 is 1.88. The first kappa shape index (κ1) is 13.8. The third kappa shape index (κ3) is 1.96. The van der Waals surface area contributed by atoms with Crippen LogP contribution in [-0.2, 0) is 17.4 Å². The fourth-order valence-corrected chi connectivity index (χ4v) is 3.93. The number of carbonyl (C=O) groups is 1. The number of hydrogen-bond acceptors (Lipinski definition) is 3. The summed E-state index contributed by atoms with van der Waals surface area (Å²) in [7, 11) is 1.95. The quantitative estimate of drug-likeness (QED) is 0.900. The zero-order chi connectivity index (χ0) is 15.5. The molecule has 3 atom stereocenters. The van der Waals surface area contributed by atoms with E-state index in [0.29, 0.717) is 11.8 Å². The van der Waals surface area contributed by atoms with Crippen molar-refractivity contribution in [2.45, 2.75) is 19.4 Å². The van der Waals surface area contributed by atoms with Crippen LogP contribution in [0.15, 0.2) is 24.3 Å². The number of piperidine rings is 1. The van der Waals surface area contributed by atoms with Gasteiger partial charge in [0.2, 0.25) is 5.91 Å². The maximum atomic E-state index is 12.6. The molecule has 116 valence electrons. The number of rotatable bonds is 3. The zero-order valence-corrected chi connectivity index (χ0v) is 13.3. The van der Waals surface area contributed by atoms with Crippen molar-refractivity contribution in [1.29, 1.82) is 0 Å². The Morgan fingerprint density at radius 1 is 1.32 bits per heavy atom. The molecule has 2 N–H and O–H groups in total. The molecule has 1 saturated carbocycles. The molecule has 2 aliphatic rings. The van der Waals surface area contributed by atoms with Crippen LogP contribution in [0.5, 0.6) is 0 Å². The first-order valence-corrected chi connectivity index (χ1v) is 7.94. The lowest BCUT2D eigenvalue weighted by atomic mass is 9.96. The van der Waals surface area contributed by atoms with Gasteiger partial charge in [0.25, 0.3) is 0 Å². The van der Waals surface area contributed by atoms with Gasteiger partial charge in [-0.1, -0.05) is 18.2 Å². The van der Waals surface area contributed by atoms with E-state index in [1.165, 1.54) is 0 Å². The first-order valence-electron chi connectivity index (χ1n) is 7.94. The fraction of sp³-hybridized carbons (Fsp3) is 0.529. The van der Waals surface area contributed by atoms with Crippen LogP contribution >= 0.6 is 0 Å². The van der Waals surface area contributed by atoms with Gasteiger partial charge in [0.1, 0.15) is 0 Å². The highest BCUT2D eigenvalue weighted by molar-refractivity contribution is 5.86. The smallest absolute Gasteiger partial charge is 0.224 e. The molecule has 1 amide bonds. The number of aromatic nitrogens is 2. The van der Waals surface area contributed by atoms with Crippen LogP contribution in [0.25, 0.3) is 10.9 Å². The lowest BCUT2D eigenvalue weighted by molar-refractivity contribution is -0.124. The van der Waals surface area contributed by atoms with Crippen molar-refractivity contribution in [3.05, 3.63) is 30.0 Å². The molecule has 0 radical (unpaired) electrons. The fourth-order valence-electron chi connectivity index (χ4n) is 3.93. The Balaban J connectivity index is 1.61. The minimum atomic E-state index is -0.470. The summed E-state index contributed by atoms with van der Waals surface area (Å²) in [4.78, 5) is 12.6. The molecule has 1 aliphatic heterocycles. The summed E-state index contributed by atoms with van der Waals surface area (Å²) in [5.41, 5.74) is 1.55. The van der Waals surface area contributed by atoms with Crippen LogP contribution in [0, 0.1) is 17.8 Å². The third-order valence-corrected chi connectivity index (χ3v) is 5.18. The van der Waals surface area contributed by atoms with Gasteiger partial charge in [-0.25, -0.2) is 0 Å². The molecule has 0 bridgehead atoms. The third-order valence-electron chi connectivity index (χ3n) is 5.18. The van der Waals surface area contributed by atoms with Gasteiger partial charge in [-0.2, -0.15) is 5.10 Å². The highest BCUT2D eigenvalue weighted by atomic mass is 16.2. The number of benzene rings is 1. The number of fused-ring (bicyclic) bond motifs is 2. The molecule has 0 unspecified atom stereocenters. The standard InChI is InChI=1S/C17H22N4O/c1-17(2,19-16(22)14-11-8-18-9-12(11)14)15-10-6-4-5-7-13(10)21(3)20-15/h4-7,11-12,14,18H,8-9H2,1-3H3,(H,19,22)/t11-,12+,14+. The molecule has 1 saturated heterocycles. The van der Waals surface area contributed by atoms with E-state index in [0.717, 1.165) is 29.7 Å². The Labute approximate surface area is 130 Å². The van der Waals surface area contributed by atoms with E-state index in [9.17, 15) is 4.79 Å². The van der Waals surface area contributed by atoms with Gasteiger partial charge < -0.3 is 10.6 Å². The normalized spacial score (nSPS) is 27.0. The van der Waals surface area contributed by atoms with E-state index in [2.05, 4.69) is 27.9 Å². The molecular formula is C17H22N4O. The number of nitrogens with one attached hydrogen (secondary N) is 2. The zero-order valence-electron chi connectivity index (χ0n) is 13.3. The van der Waals surface area contributed by atoms with Gasteiger partial charge in [-0.15, -0.1) is 0 Å². The second kappa shape index (κ2) is 4.56. The topological polar surface area (TPSA) is 59.0 Å². The predicted molar refractivity (Wildman–Crippen MR) is 85.2 cm³/mol. The van der Waals surface area contributed by atoms with Crippen molar-refractivity contribution >= 4 is 16.8 Å². The number of para-hydroxylation sites is 1. The molecular weight excluding hydrogens is 276 g/mol. The highest BCUT2D eigenvalue weighted by Crippen LogP contribution is 2.49. The number of hydrogen-bond donors (Lipinski definition) is 2. The van der Waals surface area contributed by atoms with Crippen molar-refractivity contribution in [2.75, 3.05) is 13.1 Å². The van der Waals surface area contributed by atoms with Crippen LogP contribution in [0.2, 0.25) is 0 Å². The summed E-state index contributed by atoms with van der Waals surface area (Å²) in [5.74, 6) is 1.44. The summed E-state index contributed by atoms with van der Waals surface area (Å²) in [6.45, 7) is 6.04. The summed E-state index contributed by atoms with van der Waals surface area (Å²) >= 11 is 0. The monoisotopic (exact) mass is 298 g/mol. The first-order chi connectivity index (χ1) is 10.5. The van der Waals surface area contributed by atoms with Crippen LogP contribution in [0.4, 0.5) is 0 Å². The second-order valence-corrected chi connectivity index (χ2v) is 7.12. The van der Waals surface area contributed by atoms with Gasteiger partial charge in [-0.05, 0) is 44.8 Å². The van der Waals surface area contributed by atoms with Crippen molar-refractivity contribution in [2.24, 2.45) is 24.8 Å². The number of amides is 1.